The molecule has 4 N–H and O–H groups in total. The molecule has 1 amide bonds. The van der Waals surface area contributed by atoms with E-state index in [0.717, 1.165) is 5.56 Å². The molecule has 0 saturated heterocycles. The average Bonchev–Trinajstić information content (AvgIpc) is 2.70. The van der Waals surface area contributed by atoms with E-state index in [4.69, 9.17) is 4.74 Å². The molecule has 8 nitrogen and oxygen atoms in total. The number of phenolic OH excluding ortho intramolecular Hbond substituents is 1. The molecule has 2 aromatic carbocycles. The maximum absolute atomic E-state index is 11.7. The molecule has 0 aliphatic heterocycles. The Morgan fingerprint density at radius 3 is 2.48 bits per heavy atom. The van der Waals surface area contributed by atoms with E-state index in [0.29, 0.717) is 0 Å². The summed E-state index contributed by atoms with van der Waals surface area (Å²) in [6.45, 7) is -0.260. The third-order valence-electron chi connectivity index (χ3n) is 3.80. The zero-order valence-corrected chi connectivity index (χ0v) is 14.7. The number of aromatic hydroxyl groups is 1. The van der Waals surface area contributed by atoms with Crippen molar-refractivity contribution >= 4 is 12.1 Å². The third kappa shape index (κ3) is 5.70. The Morgan fingerprint density at radius 2 is 1.81 bits per heavy atom. The van der Waals surface area contributed by atoms with Crippen LogP contribution in [0.3, 0.4) is 0 Å². The fraction of sp³-hybridized carbons (Fsp3) is 0.263. The van der Waals surface area contributed by atoms with Crippen LogP contribution in [0, 0.1) is 0 Å². The van der Waals surface area contributed by atoms with Crippen molar-refractivity contribution in [3.8, 4) is 5.75 Å². The lowest BCUT2D eigenvalue weighted by Crippen LogP contribution is -2.35. The molecule has 0 saturated carbocycles. The number of methoxy groups -OCH3 is 1. The lowest BCUT2D eigenvalue weighted by Gasteiger charge is -2.20. The molecule has 0 aromatic heterocycles. The van der Waals surface area contributed by atoms with Gasteiger partial charge in [0.15, 0.2) is 0 Å². The molecule has 2 aromatic rings. The van der Waals surface area contributed by atoms with Crippen LogP contribution in [-0.2, 0) is 16.1 Å². The van der Waals surface area contributed by atoms with Crippen molar-refractivity contribution in [1.82, 2.24) is 5.32 Å². The van der Waals surface area contributed by atoms with E-state index >= 15 is 0 Å². The van der Waals surface area contributed by atoms with Crippen LogP contribution in [0.25, 0.3) is 0 Å². The molecular formula is C19H21NO7. The summed E-state index contributed by atoms with van der Waals surface area (Å²) >= 11 is 0. The largest absolute Gasteiger partial charge is 0.508 e. The maximum Gasteiger partial charge on any atom is 0.407 e. The van der Waals surface area contributed by atoms with Crippen molar-refractivity contribution in [3.05, 3.63) is 65.2 Å². The Morgan fingerprint density at radius 1 is 1.11 bits per heavy atom. The highest BCUT2D eigenvalue weighted by Gasteiger charge is 2.23. The van der Waals surface area contributed by atoms with E-state index in [2.05, 4.69) is 10.1 Å². The Hall–Kier alpha value is -3.10. The van der Waals surface area contributed by atoms with Gasteiger partial charge >= 0.3 is 12.1 Å². The van der Waals surface area contributed by atoms with Crippen molar-refractivity contribution in [2.75, 3.05) is 13.7 Å². The first-order valence-electron chi connectivity index (χ1n) is 8.14. The van der Waals surface area contributed by atoms with E-state index in [1.807, 2.05) is 18.2 Å². The molecule has 0 heterocycles. The van der Waals surface area contributed by atoms with Gasteiger partial charge in [-0.3, -0.25) is 0 Å². The van der Waals surface area contributed by atoms with E-state index in [-0.39, 0.29) is 30.0 Å². The molecule has 0 aliphatic carbocycles. The summed E-state index contributed by atoms with van der Waals surface area (Å²) in [4.78, 5) is 23.2. The maximum atomic E-state index is 11.7. The van der Waals surface area contributed by atoms with Gasteiger partial charge in [0.05, 0.1) is 12.7 Å². The lowest BCUT2D eigenvalue weighted by molar-refractivity contribution is 0.0170. The number of aliphatic hydroxyl groups is 2. The van der Waals surface area contributed by atoms with Crippen LogP contribution in [0.2, 0.25) is 0 Å². The SMILES string of the molecule is COC(=O)c1ccc(O)c(C(O)C(O)CNC(=O)OCc2ccccc2)c1. The first-order valence-corrected chi connectivity index (χ1v) is 8.14. The van der Waals surface area contributed by atoms with Crippen molar-refractivity contribution in [2.45, 2.75) is 18.8 Å². The molecule has 0 radical (unpaired) electrons. The lowest BCUT2D eigenvalue weighted by atomic mass is 10.0. The van der Waals surface area contributed by atoms with E-state index in [1.54, 1.807) is 12.1 Å². The number of ether oxygens (including phenoxy) is 2. The normalized spacial score (nSPS) is 12.7. The van der Waals surface area contributed by atoms with Crippen molar-refractivity contribution in [2.24, 2.45) is 0 Å². The number of benzene rings is 2. The molecule has 0 fully saturated rings. The molecule has 2 unspecified atom stereocenters. The monoisotopic (exact) mass is 375 g/mol. The van der Waals surface area contributed by atoms with Crippen LogP contribution in [0.15, 0.2) is 48.5 Å². The summed E-state index contributed by atoms with van der Waals surface area (Å²) in [7, 11) is 1.20. The fourth-order valence-corrected chi connectivity index (χ4v) is 2.32. The van der Waals surface area contributed by atoms with Crippen molar-refractivity contribution in [1.29, 1.82) is 0 Å². The number of hydrogen-bond acceptors (Lipinski definition) is 7. The first-order chi connectivity index (χ1) is 12.9. The predicted molar refractivity (Wildman–Crippen MR) is 95.0 cm³/mol. The van der Waals surface area contributed by atoms with Crippen LogP contribution in [0.1, 0.15) is 27.6 Å². The van der Waals surface area contributed by atoms with Gasteiger partial charge in [0.25, 0.3) is 0 Å². The van der Waals surface area contributed by atoms with Crippen molar-refractivity contribution in [3.63, 3.8) is 0 Å². The zero-order valence-electron chi connectivity index (χ0n) is 14.7. The summed E-state index contributed by atoms with van der Waals surface area (Å²) in [6, 6.07) is 12.8. The number of amides is 1. The smallest absolute Gasteiger partial charge is 0.407 e. The van der Waals surface area contributed by atoms with Gasteiger partial charge in [0, 0.05) is 12.1 Å². The number of aliphatic hydroxyl groups excluding tert-OH is 2. The standard InChI is InChI=1S/C19H21NO7/c1-26-18(24)13-7-8-15(21)14(9-13)17(23)16(22)10-20-19(25)27-11-12-5-3-2-4-6-12/h2-9,16-17,21-23H,10-11H2,1H3,(H,20,25). The summed E-state index contributed by atoms with van der Waals surface area (Å²) in [5.41, 5.74) is 0.842. The summed E-state index contributed by atoms with van der Waals surface area (Å²) in [6.07, 6.45) is -3.74. The molecule has 27 heavy (non-hydrogen) atoms. The van der Waals surface area contributed by atoms with Gasteiger partial charge in [-0.05, 0) is 23.8 Å². The van der Waals surface area contributed by atoms with Crippen molar-refractivity contribution < 1.29 is 34.4 Å². The summed E-state index contributed by atoms with van der Waals surface area (Å²) in [5.74, 6) is -0.957. The minimum Gasteiger partial charge on any atom is -0.508 e. The second-order valence-electron chi connectivity index (χ2n) is 5.72. The minimum atomic E-state index is -1.54. The van der Waals surface area contributed by atoms with Gasteiger partial charge in [0.2, 0.25) is 0 Å². The van der Waals surface area contributed by atoms with Gasteiger partial charge in [-0.2, -0.15) is 0 Å². The fourth-order valence-electron chi connectivity index (χ4n) is 2.32. The quantitative estimate of drug-likeness (QED) is 0.540. The number of phenols is 1. The number of rotatable bonds is 7. The third-order valence-corrected chi connectivity index (χ3v) is 3.80. The summed E-state index contributed by atoms with van der Waals surface area (Å²) in [5, 5.41) is 32.5. The van der Waals surface area contributed by atoms with Gasteiger partial charge in [-0.25, -0.2) is 9.59 Å². The molecule has 144 valence electrons. The number of carbonyl (C=O) groups excluding carboxylic acids is 2. The average molecular weight is 375 g/mol. The van der Waals surface area contributed by atoms with Crippen LogP contribution in [-0.4, -0.2) is 47.1 Å². The van der Waals surface area contributed by atoms with Gasteiger partial charge < -0.3 is 30.1 Å². The zero-order chi connectivity index (χ0) is 19.8. The molecule has 0 spiro atoms. The number of esters is 1. The second kappa shape index (κ2) is 9.56. The molecule has 2 rings (SSSR count). The summed E-state index contributed by atoms with van der Waals surface area (Å²) < 4.78 is 9.57. The second-order valence-corrected chi connectivity index (χ2v) is 5.72. The first kappa shape index (κ1) is 20.2. The van der Waals surface area contributed by atoms with E-state index in [1.165, 1.54) is 25.3 Å². The number of nitrogens with one attached hydrogen (secondary N) is 1. The van der Waals surface area contributed by atoms with Crippen LogP contribution >= 0.6 is 0 Å². The predicted octanol–water partition coefficient (Wildman–Crippen LogP) is 1.50. The number of alkyl carbamates (subject to hydrolysis) is 1. The highest BCUT2D eigenvalue weighted by molar-refractivity contribution is 5.89. The highest BCUT2D eigenvalue weighted by atomic mass is 16.5. The molecule has 8 heteroatoms. The number of carbonyl (C=O) groups is 2. The van der Waals surface area contributed by atoms with Crippen LogP contribution < -0.4 is 5.32 Å². The van der Waals surface area contributed by atoms with Gasteiger partial charge in [0.1, 0.15) is 24.6 Å². The molecule has 0 bridgehead atoms. The highest BCUT2D eigenvalue weighted by Crippen LogP contribution is 2.27. The Labute approximate surface area is 156 Å². The molecule has 2 atom stereocenters. The molecule has 0 aliphatic rings. The Bertz CT molecular complexity index is 779. The molecular weight excluding hydrogens is 354 g/mol. The van der Waals surface area contributed by atoms with Crippen LogP contribution in [0.5, 0.6) is 5.75 Å². The van der Waals surface area contributed by atoms with Gasteiger partial charge in [-0.1, -0.05) is 30.3 Å². The topological polar surface area (TPSA) is 125 Å². The van der Waals surface area contributed by atoms with Gasteiger partial charge in [-0.15, -0.1) is 0 Å². The number of hydrogen-bond donors (Lipinski definition) is 4. The van der Waals surface area contributed by atoms with E-state index < -0.39 is 24.3 Å². The van der Waals surface area contributed by atoms with E-state index in [9.17, 15) is 24.9 Å². The Balaban J connectivity index is 1.90. The Kier molecular flexibility index (Phi) is 7.16. The minimum absolute atomic E-state index is 0.0628. The van der Waals surface area contributed by atoms with Crippen LogP contribution in [0.4, 0.5) is 4.79 Å².